The minimum absolute atomic E-state index is 0.0404. The SMILES string of the molecule is COC1CCCN(C(=O)C2CCN(c3ccc(Cl)c(NC(C)c4ccc(Cl)cc4Cl)c3)CC2)C1. The van der Waals surface area contributed by atoms with Crippen molar-refractivity contribution in [2.24, 2.45) is 5.92 Å². The predicted octanol–water partition coefficient (Wildman–Crippen LogP) is 6.67. The number of anilines is 2. The van der Waals surface area contributed by atoms with E-state index in [9.17, 15) is 4.79 Å². The predicted molar refractivity (Wildman–Crippen MR) is 141 cm³/mol. The number of nitrogens with zero attached hydrogens (tertiary/aromatic N) is 2. The van der Waals surface area contributed by atoms with Crippen LogP contribution in [0, 0.1) is 5.92 Å². The number of amides is 1. The van der Waals surface area contributed by atoms with Gasteiger partial charge in [-0.15, -0.1) is 0 Å². The van der Waals surface area contributed by atoms with Crippen LogP contribution in [-0.2, 0) is 9.53 Å². The Morgan fingerprint density at radius 2 is 1.79 bits per heavy atom. The van der Waals surface area contributed by atoms with Gasteiger partial charge in [-0.2, -0.15) is 0 Å². The molecule has 1 N–H and O–H groups in total. The number of hydrogen-bond donors (Lipinski definition) is 1. The van der Waals surface area contributed by atoms with Crippen molar-refractivity contribution in [3.05, 3.63) is 57.0 Å². The normalized spacial score (nSPS) is 20.3. The Labute approximate surface area is 217 Å². The lowest BCUT2D eigenvalue weighted by atomic mass is 9.93. The summed E-state index contributed by atoms with van der Waals surface area (Å²) in [6.07, 6.45) is 3.94. The first-order valence-corrected chi connectivity index (χ1v) is 13.1. The lowest BCUT2D eigenvalue weighted by Gasteiger charge is -2.38. The molecule has 8 heteroatoms. The van der Waals surface area contributed by atoms with Gasteiger partial charge in [-0.25, -0.2) is 0 Å². The lowest BCUT2D eigenvalue weighted by molar-refractivity contribution is -0.139. The van der Waals surface area contributed by atoms with Gasteiger partial charge in [0.1, 0.15) is 0 Å². The molecule has 0 radical (unpaired) electrons. The average Bonchev–Trinajstić information content (AvgIpc) is 2.85. The number of methoxy groups -OCH3 is 1. The highest BCUT2D eigenvalue weighted by molar-refractivity contribution is 6.35. The molecule has 0 aromatic heterocycles. The van der Waals surface area contributed by atoms with Gasteiger partial charge in [0.25, 0.3) is 0 Å². The molecule has 2 aromatic carbocycles. The number of carbonyl (C=O) groups excluding carboxylic acids is 1. The lowest BCUT2D eigenvalue weighted by Crippen LogP contribution is -2.48. The third-order valence-corrected chi connectivity index (χ3v) is 7.88. The van der Waals surface area contributed by atoms with E-state index in [4.69, 9.17) is 39.5 Å². The second-order valence-corrected chi connectivity index (χ2v) is 10.5. The molecule has 0 aliphatic carbocycles. The van der Waals surface area contributed by atoms with E-state index in [0.29, 0.717) is 15.1 Å². The molecule has 34 heavy (non-hydrogen) atoms. The van der Waals surface area contributed by atoms with Gasteiger partial charge < -0.3 is 19.9 Å². The molecule has 0 spiro atoms. The van der Waals surface area contributed by atoms with Crippen molar-refractivity contribution in [3.8, 4) is 0 Å². The Balaban J connectivity index is 1.38. The van der Waals surface area contributed by atoms with E-state index in [1.165, 1.54) is 0 Å². The maximum absolute atomic E-state index is 13.1. The minimum atomic E-state index is -0.0404. The second kappa shape index (κ2) is 11.4. The summed E-state index contributed by atoms with van der Waals surface area (Å²) in [6, 6.07) is 11.5. The van der Waals surface area contributed by atoms with Crippen molar-refractivity contribution in [3.63, 3.8) is 0 Å². The fourth-order valence-electron chi connectivity index (χ4n) is 4.96. The van der Waals surface area contributed by atoms with Crippen molar-refractivity contribution >= 4 is 52.1 Å². The highest BCUT2D eigenvalue weighted by atomic mass is 35.5. The van der Waals surface area contributed by atoms with Crippen LogP contribution in [0.1, 0.15) is 44.2 Å². The van der Waals surface area contributed by atoms with Crippen LogP contribution in [0.15, 0.2) is 36.4 Å². The second-order valence-electron chi connectivity index (χ2n) is 9.24. The van der Waals surface area contributed by atoms with E-state index in [-0.39, 0.29) is 24.0 Å². The Morgan fingerprint density at radius 1 is 1.03 bits per heavy atom. The van der Waals surface area contributed by atoms with Crippen molar-refractivity contribution in [1.82, 2.24) is 4.90 Å². The van der Waals surface area contributed by atoms with E-state index in [0.717, 1.165) is 68.8 Å². The zero-order valence-corrected chi connectivity index (χ0v) is 22.0. The molecule has 1 amide bonds. The quantitative estimate of drug-likeness (QED) is 0.458. The van der Waals surface area contributed by atoms with Crippen LogP contribution >= 0.6 is 34.8 Å². The summed E-state index contributed by atoms with van der Waals surface area (Å²) >= 11 is 18.9. The Hall–Kier alpha value is -1.66. The van der Waals surface area contributed by atoms with Gasteiger partial charge in [-0.05, 0) is 68.5 Å². The number of nitrogens with one attached hydrogen (secondary N) is 1. The van der Waals surface area contributed by atoms with Gasteiger partial charge in [-0.1, -0.05) is 40.9 Å². The van der Waals surface area contributed by atoms with Crippen molar-refractivity contribution in [2.75, 3.05) is 43.5 Å². The van der Waals surface area contributed by atoms with Crippen LogP contribution in [0.2, 0.25) is 15.1 Å². The highest BCUT2D eigenvalue weighted by Crippen LogP contribution is 2.34. The van der Waals surface area contributed by atoms with Crippen molar-refractivity contribution < 1.29 is 9.53 Å². The van der Waals surface area contributed by atoms with Crippen LogP contribution in [0.5, 0.6) is 0 Å². The zero-order valence-electron chi connectivity index (χ0n) is 19.7. The van der Waals surface area contributed by atoms with Crippen LogP contribution in [0.4, 0.5) is 11.4 Å². The summed E-state index contributed by atoms with van der Waals surface area (Å²) in [7, 11) is 1.73. The molecule has 2 atom stereocenters. The molecule has 2 aromatic rings. The van der Waals surface area contributed by atoms with Crippen LogP contribution in [0.25, 0.3) is 0 Å². The first-order valence-electron chi connectivity index (χ1n) is 11.9. The number of hydrogen-bond acceptors (Lipinski definition) is 4. The molecule has 184 valence electrons. The van der Waals surface area contributed by atoms with Gasteiger partial charge in [0.2, 0.25) is 5.91 Å². The van der Waals surface area contributed by atoms with E-state index in [1.807, 2.05) is 36.1 Å². The maximum Gasteiger partial charge on any atom is 0.225 e. The van der Waals surface area contributed by atoms with Crippen LogP contribution in [0.3, 0.4) is 0 Å². The molecule has 0 saturated carbocycles. The molecule has 2 aliphatic rings. The van der Waals surface area contributed by atoms with E-state index >= 15 is 0 Å². The molecule has 2 aliphatic heterocycles. The van der Waals surface area contributed by atoms with E-state index in [1.54, 1.807) is 13.2 Å². The average molecular weight is 525 g/mol. The number of benzene rings is 2. The van der Waals surface area contributed by atoms with Crippen molar-refractivity contribution in [1.29, 1.82) is 0 Å². The van der Waals surface area contributed by atoms with Crippen molar-refractivity contribution in [2.45, 2.75) is 44.8 Å². The Kier molecular flexibility index (Phi) is 8.52. The molecule has 4 rings (SSSR count). The molecule has 0 bridgehead atoms. The fraction of sp³-hybridized carbons (Fsp3) is 0.500. The fourth-order valence-corrected chi connectivity index (χ4v) is 5.70. The summed E-state index contributed by atoms with van der Waals surface area (Å²) in [4.78, 5) is 17.4. The smallest absolute Gasteiger partial charge is 0.225 e. The zero-order chi connectivity index (χ0) is 24.2. The summed E-state index contributed by atoms with van der Waals surface area (Å²) in [6.45, 7) is 5.30. The first kappa shape index (κ1) is 25.4. The van der Waals surface area contributed by atoms with Gasteiger partial charge >= 0.3 is 0 Å². The third kappa shape index (κ3) is 5.93. The van der Waals surface area contributed by atoms with Crippen LogP contribution < -0.4 is 10.2 Å². The topological polar surface area (TPSA) is 44.8 Å². The Bertz CT molecular complexity index is 1010. The van der Waals surface area contributed by atoms with Gasteiger partial charge in [-0.3, -0.25) is 4.79 Å². The van der Waals surface area contributed by atoms with Gasteiger partial charge in [0.15, 0.2) is 0 Å². The molecule has 2 saturated heterocycles. The monoisotopic (exact) mass is 523 g/mol. The number of rotatable bonds is 6. The standard InChI is InChI=1S/C26H32Cl3N3O2/c1-17(22-7-5-19(27)14-24(22)29)30-25-15-20(6-8-23(25)28)31-12-9-18(10-13-31)26(33)32-11-3-4-21(16-32)34-2/h5-8,14-15,17-18,21,30H,3-4,9-13,16H2,1-2H3. The van der Waals surface area contributed by atoms with Crippen LogP contribution in [-0.4, -0.2) is 50.2 Å². The summed E-state index contributed by atoms with van der Waals surface area (Å²) < 4.78 is 5.49. The van der Waals surface area contributed by atoms with Gasteiger partial charge in [0.05, 0.1) is 22.9 Å². The number of piperidine rings is 2. The third-order valence-electron chi connectivity index (χ3n) is 6.98. The molecular weight excluding hydrogens is 493 g/mol. The number of halogens is 3. The molecule has 5 nitrogen and oxygen atoms in total. The van der Waals surface area contributed by atoms with Gasteiger partial charge in [0, 0.05) is 54.9 Å². The number of carbonyl (C=O) groups is 1. The van der Waals surface area contributed by atoms with E-state index in [2.05, 4.69) is 16.3 Å². The minimum Gasteiger partial charge on any atom is -0.380 e. The number of likely N-dealkylation sites (tertiary alicyclic amines) is 1. The molecule has 2 fully saturated rings. The Morgan fingerprint density at radius 3 is 2.50 bits per heavy atom. The largest absolute Gasteiger partial charge is 0.380 e. The summed E-state index contributed by atoms with van der Waals surface area (Å²) in [5, 5.41) is 5.38. The first-order chi connectivity index (χ1) is 16.4. The van der Waals surface area contributed by atoms with E-state index < -0.39 is 0 Å². The number of ether oxygens (including phenoxy) is 1. The maximum atomic E-state index is 13.1. The summed E-state index contributed by atoms with van der Waals surface area (Å²) in [5.74, 6) is 0.373. The molecule has 2 heterocycles. The molecular formula is C26H32Cl3N3O2. The molecule has 2 unspecified atom stereocenters. The highest BCUT2D eigenvalue weighted by Gasteiger charge is 2.31. The summed E-state index contributed by atoms with van der Waals surface area (Å²) in [5.41, 5.74) is 2.92.